The van der Waals surface area contributed by atoms with Crippen LogP contribution in [0, 0.1) is 0 Å². The van der Waals surface area contributed by atoms with Crippen LogP contribution in [0.25, 0.3) is 11.3 Å². The standard InChI is InChI=1S/C17H20N2O2/c1-19-16(17(20)21)11-15(18-19)14-9-7-13(8-10-14)12-5-3-2-4-6-12/h7-12H,2-6H2,1H3,(H,20,21). The van der Waals surface area contributed by atoms with E-state index in [0.29, 0.717) is 11.6 Å². The topological polar surface area (TPSA) is 55.1 Å². The van der Waals surface area contributed by atoms with E-state index >= 15 is 0 Å². The molecule has 4 nitrogen and oxygen atoms in total. The largest absolute Gasteiger partial charge is 0.477 e. The average Bonchev–Trinajstić information content (AvgIpc) is 2.90. The lowest BCUT2D eigenvalue weighted by Crippen LogP contribution is -2.04. The molecule has 0 unspecified atom stereocenters. The summed E-state index contributed by atoms with van der Waals surface area (Å²) in [5, 5.41) is 13.4. The molecule has 0 amide bonds. The average molecular weight is 284 g/mol. The molecule has 1 aliphatic rings. The Balaban J connectivity index is 1.83. The van der Waals surface area contributed by atoms with Crippen molar-refractivity contribution in [1.82, 2.24) is 9.78 Å². The highest BCUT2D eigenvalue weighted by molar-refractivity contribution is 5.87. The van der Waals surface area contributed by atoms with Gasteiger partial charge in [0.1, 0.15) is 5.69 Å². The van der Waals surface area contributed by atoms with Crippen LogP contribution < -0.4 is 0 Å². The van der Waals surface area contributed by atoms with Crippen LogP contribution in [0.2, 0.25) is 0 Å². The van der Waals surface area contributed by atoms with Crippen LogP contribution >= 0.6 is 0 Å². The van der Waals surface area contributed by atoms with Gasteiger partial charge in [0.25, 0.3) is 0 Å². The molecular weight excluding hydrogens is 264 g/mol. The van der Waals surface area contributed by atoms with Crippen molar-refractivity contribution >= 4 is 5.97 Å². The summed E-state index contributed by atoms with van der Waals surface area (Å²) >= 11 is 0. The minimum Gasteiger partial charge on any atom is -0.477 e. The molecule has 110 valence electrons. The zero-order chi connectivity index (χ0) is 14.8. The van der Waals surface area contributed by atoms with E-state index in [1.165, 1.54) is 42.3 Å². The number of carboxylic acids is 1. The maximum absolute atomic E-state index is 11.1. The molecule has 0 atom stereocenters. The Morgan fingerprint density at radius 1 is 1.19 bits per heavy atom. The molecule has 0 bridgehead atoms. The maximum atomic E-state index is 11.1. The first-order valence-corrected chi connectivity index (χ1v) is 7.53. The molecule has 2 aromatic rings. The second-order valence-electron chi connectivity index (χ2n) is 5.80. The summed E-state index contributed by atoms with van der Waals surface area (Å²) in [6.45, 7) is 0. The monoisotopic (exact) mass is 284 g/mol. The van der Waals surface area contributed by atoms with Crippen LogP contribution in [-0.2, 0) is 7.05 Å². The van der Waals surface area contributed by atoms with E-state index in [4.69, 9.17) is 5.11 Å². The van der Waals surface area contributed by atoms with Gasteiger partial charge in [0, 0.05) is 12.6 Å². The minimum atomic E-state index is -0.949. The van der Waals surface area contributed by atoms with E-state index in [2.05, 4.69) is 29.4 Å². The molecule has 1 aromatic carbocycles. The molecule has 1 saturated carbocycles. The van der Waals surface area contributed by atoms with Gasteiger partial charge in [-0.1, -0.05) is 43.5 Å². The van der Waals surface area contributed by atoms with Crippen molar-refractivity contribution in [3.63, 3.8) is 0 Å². The molecule has 1 aromatic heterocycles. The normalized spacial score (nSPS) is 16.0. The fourth-order valence-corrected chi connectivity index (χ4v) is 3.17. The Kier molecular flexibility index (Phi) is 3.78. The van der Waals surface area contributed by atoms with Crippen molar-refractivity contribution in [1.29, 1.82) is 0 Å². The summed E-state index contributed by atoms with van der Waals surface area (Å²) in [6.07, 6.45) is 6.59. The zero-order valence-corrected chi connectivity index (χ0v) is 12.2. The summed E-state index contributed by atoms with van der Waals surface area (Å²) in [5.41, 5.74) is 3.29. The van der Waals surface area contributed by atoms with E-state index < -0.39 is 5.97 Å². The van der Waals surface area contributed by atoms with Crippen molar-refractivity contribution in [3.05, 3.63) is 41.6 Å². The number of aromatic carboxylic acids is 1. The zero-order valence-electron chi connectivity index (χ0n) is 12.2. The van der Waals surface area contributed by atoms with E-state index in [9.17, 15) is 4.79 Å². The lowest BCUT2D eigenvalue weighted by molar-refractivity contribution is 0.0685. The summed E-state index contributed by atoms with van der Waals surface area (Å²) in [5.74, 6) is -0.263. The number of hydrogen-bond acceptors (Lipinski definition) is 2. The third-order valence-electron chi connectivity index (χ3n) is 4.38. The van der Waals surface area contributed by atoms with E-state index in [0.717, 1.165) is 5.56 Å². The Bertz CT molecular complexity index is 637. The van der Waals surface area contributed by atoms with Gasteiger partial charge in [-0.05, 0) is 30.4 Å². The van der Waals surface area contributed by atoms with E-state index in [1.54, 1.807) is 13.1 Å². The molecule has 1 heterocycles. The van der Waals surface area contributed by atoms with Crippen molar-refractivity contribution in [2.75, 3.05) is 0 Å². The van der Waals surface area contributed by atoms with Gasteiger partial charge in [-0.2, -0.15) is 5.10 Å². The number of hydrogen-bond donors (Lipinski definition) is 1. The number of aryl methyl sites for hydroxylation is 1. The Morgan fingerprint density at radius 3 is 2.43 bits per heavy atom. The Hall–Kier alpha value is -2.10. The molecule has 0 aliphatic heterocycles. The first-order valence-electron chi connectivity index (χ1n) is 7.53. The Morgan fingerprint density at radius 2 is 1.86 bits per heavy atom. The number of nitrogens with zero attached hydrogens (tertiary/aromatic N) is 2. The second kappa shape index (κ2) is 5.72. The highest BCUT2D eigenvalue weighted by Gasteiger charge is 2.16. The molecule has 0 radical (unpaired) electrons. The minimum absolute atomic E-state index is 0.210. The van der Waals surface area contributed by atoms with Gasteiger partial charge in [0.15, 0.2) is 0 Å². The molecule has 1 fully saturated rings. The number of aromatic nitrogens is 2. The predicted octanol–water partition coefficient (Wildman–Crippen LogP) is 3.83. The quantitative estimate of drug-likeness (QED) is 0.931. The fourth-order valence-electron chi connectivity index (χ4n) is 3.17. The molecule has 1 N–H and O–H groups in total. The van der Waals surface area contributed by atoms with Crippen LogP contribution in [0.3, 0.4) is 0 Å². The number of rotatable bonds is 3. The van der Waals surface area contributed by atoms with Crippen LogP contribution in [0.4, 0.5) is 0 Å². The van der Waals surface area contributed by atoms with Crippen LogP contribution in [-0.4, -0.2) is 20.9 Å². The molecule has 3 rings (SSSR count). The SMILES string of the molecule is Cn1nc(-c2ccc(C3CCCCC3)cc2)cc1C(=O)O. The van der Waals surface area contributed by atoms with E-state index in [-0.39, 0.29) is 5.69 Å². The predicted molar refractivity (Wildman–Crippen MR) is 81.4 cm³/mol. The van der Waals surface area contributed by atoms with Gasteiger partial charge >= 0.3 is 5.97 Å². The van der Waals surface area contributed by atoms with Crippen LogP contribution in [0.5, 0.6) is 0 Å². The molecule has 21 heavy (non-hydrogen) atoms. The summed E-state index contributed by atoms with van der Waals surface area (Å²) in [6, 6.07) is 10.1. The fraction of sp³-hybridized carbons (Fsp3) is 0.412. The molecule has 1 aliphatic carbocycles. The first kappa shape index (κ1) is 13.9. The van der Waals surface area contributed by atoms with Crippen LogP contribution in [0.15, 0.2) is 30.3 Å². The third kappa shape index (κ3) is 2.84. The summed E-state index contributed by atoms with van der Waals surface area (Å²) < 4.78 is 1.41. The highest BCUT2D eigenvalue weighted by Crippen LogP contribution is 2.33. The summed E-state index contributed by atoms with van der Waals surface area (Å²) in [7, 11) is 1.66. The van der Waals surface area contributed by atoms with Crippen molar-refractivity contribution in [2.45, 2.75) is 38.0 Å². The molecule has 0 saturated heterocycles. The van der Waals surface area contributed by atoms with Crippen molar-refractivity contribution in [3.8, 4) is 11.3 Å². The maximum Gasteiger partial charge on any atom is 0.354 e. The summed E-state index contributed by atoms with van der Waals surface area (Å²) in [4.78, 5) is 11.1. The third-order valence-corrected chi connectivity index (χ3v) is 4.38. The first-order chi connectivity index (χ1) is 10.1. The Labute approximate surface area is 124 Å². The van der Waals surface area contributed by atoms with Crippen LogP contribution in [0.1, 0.15) is 54.1 Å². The van der Waals surface area contributed by atoms with Gasteiger partial charge in [-0.15, -0.1) is 0 Å². The second-order valence-corrected chi connectivity index (χ2v) is 5.80. The molecule has 4 heteroatoms. The van der Waals surface area contributed by atoms with E-state index in [1.807, 2.05) is 0 Å². The molecule has 0 spiro atoms. The van der Waals surface area contributed by atoms with Gasteiger partial charge in [0.2, 0.25) is 0 Å². The number of carboxylic acid groups (broad SMARTS) is 1. The smallest absolute Gasteiger partial charge is 0.354 e. The van der Waals surface area contributed by atoms with Gasteiger partial charge < -0.3 is 5.11 Å². The molecular formula is C17H20N2O2. The van der Waals surface area contributed by atoms with Crippen molar-refractivity contribution in [2.24, 2.45) is 7.05 Å². The van der Waals surface area contributed by atoms with Gasteiger partial charge in [0.05, 0.1) is 5.69 Å². The number of carbonyl (C=O) groups is 1. The van der Waals surface area contributed by atoms with Gasteiger partial charge in [-0.25, -0.2) is 4.79 Å². The van der Waals surface area contributed by atoms with Crippen molar-refractivity contribution < 1.29 is 9.90 Å². The van der Waals surface area contributed by atoms with Gasteiger partial charge in [-0.3, -0.25) is 4.68 Å². The number of benzene rings is 1. The lowest BCUT2D eigenvalue weighted by Gasteiger charge is -2.21. The highest BCUT2D eigenvalue weighted by atomic mass is 16.4. The lowest BCUT2D eigenvalue weighted by atomic mass is 9.84.